The zero-order chi connectivity index (χ0) is 16.2. The van der Waals surface area contributed by atoms with E-state index in [0.29, 0.717) is 17.6 Å². The van der Waals surface area contributed by atoms with Crippen molar-refractivity contribution in [3.8, 4) is 0 Å². The van der Waals surface area contributed by atoms with Gasteiger partial charge >= 0.3 is 0 Å². The molecular weight excluding hydrogens is 306 g/mol. The van der Waals surface area contributed by atoms with Gasteiger partial charge in [0, 0.05) is 22.8 Å². The summed E-state index contributed by atoms with van der Waals surface area (Å²) >= 11 is 1.87. The van der Waals surface area contributed by atoms with Gasteiger partial charge in [-0.15, -0.1) is 11.8 Å². The first-order valence-corrected chi connectivity index (χ1v) is 9.74. The highest BCUT2D eigenvalue weighted by Crippen LogP contribution is 2.37. The zero-order valence-electron chi connectivity index (χ0n) is 13.9. The van der Waals surface area contributed by atoms with Crippen LogP contribution in [0.3, 0.4) is 0 Å². The molecule has 1 unspecified atom stereocenters. The SMILES string of the molecule is Cc1ccc(SC2CCCC2)c(C(=O)NC(CCO)C2CC2)c1. The predicted octanol–water partition coefficient (Wildman–Crippen LogP) is 3.92. The number of thioether (sulfide) groups is 1. The van der Waals surface area contributed by atoms with Gasteiger partial charge in [0.25, 0.3) is 5.91 Å². The quantitative estimate of drug-likeness (QED) is 0.795. The van der Waals surface area contributed by atoms with Crippen LogP contribution in [0, 0.1) is 12.8 Å². The maximum atomic E-state index is 12.8. The molecule has 0 radical (unpaired) electrons. The number of carbonyl (C=O) groups excluding carboxylic acids is 1. The lowest BCUT2D eigenvalue weighted by Crippen LogP contribution is -2.37. The number of nitrogens with one attached hydrogen (secondary N) is 1. The Balaban J connectivity index is 1.73. The number of hydrogen-bond donors (Lipinski definition) is 2. The first-order valence-electron chi connectivity index (χ1n) is 8.86. The minimum Gasteiger partial charge on any atom is -0.396 e. The third-order valence-electron chi connectivity index (χ3n) is 4.92. The molecule has 4 heteroatoms. The molecule has 2 saturated carbocycles. The van der Waals surface area contributed by atoms with Gasteiger partial charge < -0.3 is 10.4 Å². The average Bonchev–Trinajstić information content (AvgIpc) is 3.26. The molecule has 2 aliphatic carbocycles. The minimum absolute atomic E-state index is 0.0274. The Morgan fingerprint density at radius 1 is 1.30 bits per heavy atom. The van der Waals surface area contributed by atoms with Crippen molar-refractivity contribution in [1.29, 1.82) is 0 Å². The van der Waals surface area contributed by atoms with E-state index in [2.05, 4.69) is 17.4 Å². The number of rotatable bonds is 7. The van der Waals surface area contributed by atoms with Crippen LogP contribution in [0.4, 0.5) is 0 Å². The fraction of sp³-hybridized carbons (Fsp3) is 0.632. The molecule has 1 atom stereocenters. The van der Waals surface area contributed by atoms with Crippen molar-refractivity contribution in [3.05, 3.63) is 29.3 Å². The van der Waals surface area contributed by atoms with E-state index in [0.717, 1.165) is 16.0 Å². The van der Waals surface area contributed by atoms with Crippen LogP contribution in [-0.2, 0) is 0 Å². The largest absolute Gasteiger partial charge is 0.396 e. The summed E-state index contributed by atoms with van der Waals surface area (Å²) in [6.07, 6.45) is 8.14. The van der Waals surface area contributed by atoms with Crippen LogP contribution in [0.1, 0.15) is 60.9 Å². The van der Waals surface area contributed by atoms with Crippen molar-refractivity contribution in [2.24, 2.45) is 5.92 Å². The molecule has 23 heavy (non-hydrogen) atoms. The van der Waals surface area contributed by atoms with E-state index in [1.165, 1.54) is 38.5 Å². The Hall–Kier alpha value is -1.00. The van der Waals surface area contributed by atoms with Gasteiger partial charge in [-0.05, 0) is 57.1 Å². The van der Waals surface area contributed by atoms with Gasteiger partial charge in [-0.2, -0.15) is 0 Å². The monoisotopic (exact) mass is 333 g/mol. The van der Waals surface area contributed by atoms with Crippen LogP contribution >= 0.6 is 11.8 Å². The van der Waals surface area contributed by atoms with Gasteiger partial charge in [-0.1, -0.05) is 24.5 Å². The standard InChI is InChI=1S/C19H27NO2S/c1-13-6-9-18(23-15-4-2-3-5-15)16(12-13)19(22)20-17(10-11-21)14-7-8-14/h6,9,12,14-15,17,21H,2-5,7-8,10-11H2,1H3,(H,20,22). The molecule has 126 valence electrons. The van der Waals surface area contributed by atoms with Crippen molar-refractivity contribution in [2.45, 2.75) is 68.1 Å². The van der Waals surface area contributed by atoms with Crippen molar-refractivity contribution < 1.29 is 9.90 Å². The molecule has 0 heterocycles. The number of carbonyl (C=O) groups is 1. The number of aliphatic hydroxyl groups excluding tert-OH is 1. The summed E-state index contributed by atoms with van der Waals surface area (Å²) < 4.78 is 0. The fourth-order valence-corrected chi connectivity index (χ4v) is 4.77. The molecule has 0 bridgehead atoms. The summed E-state index contributed by atoms with van der Waals surface area (Å²) in [5, 5.41) is 13.1. The minimum atomic E-state index is 0.0274. The number of aryl methyl sites for hydroxylation is 1. The second-order valence-electron chi connectivity index (χ2n) is 6.95. The second kappa shape index (κ2) is 7.71. The van der Waals surface area contributed by atoms with E-state index >= 15 is 0 Å². The van der Waals surface area contributed by atoms with Gasteiger partial charge in [0.1, 0.15) is 0 Å². The molecule has 2 N–H and O–H groups in total. The molecule has 0 spiro atoms. The normalized spacial score (nSPS) is 19.7. The molecule has 0 saturated heterocycles. The molecule has 1 amide bonds. The van der Waals surface area contributed by atoms with Crippen LogP contribution < -0.4 is 5.32 Å². The molecule has 2 fully saturated rings. The Bertz CT molecular complexity index is 550. The highest BCUT2D eigenvalue weighted by molar-refractivity contribution is 8.00. The molecule has 1 aromatic rings. The lowest BCUT2D eigenvalue weighted by atomic mass is 10.1. The summed E-state index contributed by atoms with van der Waals surface area (Å²) in [5.41, 5.74) is 1.93. The highest BCUT2D eigenvalue weighted by atomic mass is 32.2. The zero-order valence-corrected chi connectivity index (χ0v) is 14.7. The van der Waals surface area contributed by atoms with E-state index < -0.39 is 0 Å². The van der Waals surface area contributed by atoms with E-state index in [4.69, 9.17) is 0 Å². The highest BCUT2D eigenvalue weighted by Gasteiger charge is 2.32. The maximum Gasteiger partial charge on any atom is 0.252 e. The average molecular weight is 333 g/mol. The Kier molecular flexibility index (Phi) is 5.65. The third-order valence-corrected chi connectivity index (χ3v) is 6.34. The van der Waals surface area contributed by atoms with Crippen LogP contribution in [0.5, 0.6) is 0 Å². The van der Waals surface area contributed by atoms with Gasteiger partial charge in [0.15, 0.2) is 0 Å². The predicted molar refractivity (Wildman–Crippen MR) is 95.0 cm³/mol. The Labute approximate surface area is 143 Å². The lowest BCUT2D eigenvalue weighted by Gasteiger charge is -2.19. The van der Waals surface area contributed by atoms with E-state index in [1.807, 2.05) is 24.8 Å². The third kappa shape index (κ3) is 4.51. The van der Waals surface area contributed by atoms with E-state index in [1.54, 1.807) is 0 Å². The maximum absolute atomic E-state index is 12.8. The van der Waals surface area contributed by atoms with Crippen molar-refractivity contribution in [2.75, 3.05) is 6.61 Å². The summed E-state index contributed by atoms with van der Waals surface area (Å²) in [6, 6.07) is 6.33. The van der Waals surface area contributed by atoms with Crippen LogP contribution in [0.25, 0.3) is 0 Å². The molecule has 3 rings (SSSR count). The van der Waals surface area contributed by atoms with Gasteiger partial charge in [-0.25, -0.2) is 0 Å². The number of amides is 1. The Morgan fingerprint density at radius 2 is 2.04 bits per heavy atom. The molecule has 2 aliphatic rings. The molecule has 1 aromatic carbocycles. The van der Waals surface area contributed by atoms with Crippen molar-refractivity contribution in [3.63, 3.8) is 0 Å². The van der Waals surface area contributed by atoms with Gasteiger partial charge in [-0.3, -0.25) is 4.79 Å². The summed E-state index contributed by atoms with van der Waals surface area (Å²) in [5.74, 6) is 0.585. The molecular formula is C19H27NO2S. The van der Waals surface area contributed by atoms with Crippen LogP contribution in [0.15, 0.2) is 23.1 Å². The topological polar surface area (TPSA) is 49.3 Å². The van der Waals surface area contributed by atoms with E-state index in [-0.39, 0.29) is 18.6 Å². The molecule has 3 nitrogen and oxygen atoms in total. The Morgan fingerprint density at radius 3 is 2.70 bits per heavy atom. The summed E-state index contributed by atoms with van der Waals surface area (Å²) in [4.78, 5) is 13.9. The second-order valence-corrected chi connectivity index (χ2v) is 8.30. The molecule has 0 aliphatic heterocycles. The van der Waals surface area contributed by atoms with E-state index in [9.17, 15) is 9.90 Å². The van der Waals surface area contributed by atoms with Crippen molar-refractivity contribution >= 4 is 17.7 Å². The summed E-state index contributed by atoms with van der Waals surface area (Å²) in [7, 11) is 0. The summed E-state index contributed by atoms with van der Waals surface area (Å²) in [6.45, 7) is 2.17. The lowest BCUT2D eigenvalue weighted by molar-refractivity contribution is 0.0921. The number of hydrogen-bond acceptors (Lipinski definition) is 3. The molecule has 0 aromatic heterocycles. The fourth-order valence-electron chi connectivity index (χ4n) is 3.42. The first kappa shape index (κ1) is 16.8. The van der Waals surface area contributed by atoms with Crippen LogP contribution in [-0.4, -0.2) is 28.9 Å². The number of benzene rings is 1. The first-order chi connectivity index (χ1) is 11.2. The van der Waals surface area contributed by atoms with Gasteiger partial charge in [0.05, 0.1) is 5.56 Å². The smallest absolute Gasteiger partial charge is 0.252 e. The van der Waals surface area contributed by atoms with Crippen LogP contribution in [0.2, 0.25) is 0 Å². The number of aliphatic hydroxyl groups is 1. The van der Waals surface area contributed by atoms with Crippen molar-refractivity contribution in [1.82, 2.24) is 5.32 Å². The van der Waals surface area contributed by atoms with Gasteiger partial charge in [0.2, 0.25) is 0 Å².